The average molecular weight is 223 g/mol. The molecular formula is C11H14FN3O. The van der Waals surface area contributed by atoms with E-state index >= 15 is 0 Å². The van der Waals surface area contributed by atoms with Crippen molar-refractivity contribution in [3.05, 3.63) is 24.3 Å². The lowest BCUT2D eigenvalue weighted by atomic mass is 10.0. The Morgan fingerprint density at radius 1 is 1.62 bits per heavy atom. The maximum absolute atomic E-state index is 12.5. The van der Waals surface area contributed by atoms with Gasteiger partial charge in [-0.05, 0) is 37.6 Å². The number of carbonyl (C=O) groups excluding carboxylic acids is 1. The van der Waals surface area contributed by atoms with E-state index in [-0.39, 0.29) is 5.91 Å². The first kappa shape index (κ1) is 11.0. The monoisotopic (exact) mass is 223 g/mol. The number of hydrogen-bond acceptors (Lipinski definition) is 3. The molecule has 0 aliphatic carbocycles. The third kappa shape index (κ3) is 3.00. The number of anilines is 1. The third-order valence-corrected chi connectivity index (χ3v) is 2.65. The van der Waals surface area contributed by atoms with Gasteiger partial charge in [-0.25, -0.2) is 4.98 Å². The predicted molar refractivity (Wildman–Crippen MR) is 58.4 cm³/mol. The van der Waals surface area contributed by atoms with Crippen molar-refractivity contribution < 1.29 is 9.18 Å². The molecule has 4 nitrogen and oxygen atoms in total. The van der Waals surface area contributed by atoms with Crippen LogP contribution in [0.5, 0.6) is 0 Å². The second kappa shape index (κ2) is 5.03. The average Bonchev–Trinajstić information content (AvgIpc) is 2.74. The topological polar surface area (TPSA) is 54.0 Å². The van der Waals surface area contributed by atoms with Crippen molar-refractivity contribution in [1.82, 2.24) is 10.3 Å². The molecule has 1 aliphatic heterocycles. The number of rotatable bonds is 3. The summed E-state index contributed by atoms with van der Waals surface area (Å²) in [5.74, 6) is -0.173. The van der Waals surface area contributed by atoms with E-state index in [1.165, 1.54) is 18.3 Å². The van der Waals surface area contributed by atoms with Crippen molar-refractivity contribution in [2.45, 2.75) is 12.8 Å². The number of pyridine rings is 1. The fourth-order valence-corrected chi connectivity index (χ4v) is 1.81. The molecular weight excluding hydrogens is 209 g/mol. The zero-order chi connectivity index (χ0) is 11.4. The number of aromatic nitrogens is 1. The van der Waals surface area contributed by atoms with Gasteiger partial charge in [-0.15, -0.1) is 0 Å². The smallest absolute Gasteiger partial charge is 0.224 e. The van der Waals surface area contributed by atoms with E-state index in [9.17, 15) is 9.18 Å². The van der Waals surface area contributed by atoms with E-state index in [2.05, 4.69) is 15.6 Å². The Labute approximate surface area is 93.3 Å². The molecule has 1 fully saturated rings. The fourth-order valence-electron chi connectivity index (χ4n) is 1.81. The summed E-state index contributed by atoms with van der Waals surface area (Å²) in [7, 11) is 0. The van der Waals surface area contributed by atoms with Gasteiger partial charge in [0, 0.05) is 6.42 Å². The van der Waals surface area contributed by atoms with Crippen molar-refractivity contribution in [1.29, 1.82) is 0 Å². The van der Waals surface area contributed by atoms with E-state index in [0.717, 1.165) is 19.5 Å². The molecule has 16 heavy (non-hydrogen) atoms. The molecule has 2 N–H and O–H groups in total. The molecule has 0 bridgehead atoms. The van der Waals surface area contributed by atoms with Crippen LogP contribution in [0.2, 0.25) is 0 Å². The lowest BCUT2D eigenvalue weighted by Crippen LogP contribution is -2.18. The largest absolute Gasteiger partial charge is 0.325 e. The summed E-state index contributed by atoms with van der Waals surface area (Å²) < 4.78 is 12.5. The number of carbonyl (C=O) groups is 1. The van der Waals surface area contributed by atoms with Crippen LogP contribution in [-0.4, -0.2) is 24.0 Å². The highest BCUT2D eigenvalue weighted by molar-refractivity contribution is 5.90. The minimum atomic E-state index is -0.544. The molecule has 1 saturated heterocycles. The lowest BCUT2D eigenvalue weighted by Gasteiger charge is -2.08. The van der Waals surface area contributed by atoms with Crippen molar-refractivity contribution in [2.75, 3.05) is 18.4 Å². The van der Waals surface area contributed by atoms with Crippen LogP contribution in [0, 0.1) is 11.9 Å². The Kier molecular flexibility index (Phi) is 3.46. The third-order valence-electron chi connectivity index (χ3n) is 2.65. The molecule has 1 amide bonds. The molecule has 0 spiro atoms. The molecule has 0 radical (unpaired) electrons. The van der Waals surface area contributed by atoms with Crippen LogP contribution in [-0.2, 0) is 4.79 Å². The summed E-state index contributed by atoms with van der Waals surface area (Å²) in [6.07, 6.45) is 2.86. The summed E-state index contributed by atoms with van der Waals surface area (Å²) in [5.41, 5.74) is 0.539. The van der Waals surface area contributed by atoms with Crippen molar-refractivity contribution in [2.24, 2.45) is 5.92 Å². The molecule has 0 saturated carbocycles. The molecule has 5 heteroatoms. The van der Waals surface area contributed by atoms with E-state index in [1.54, 1.807) is 0 Å². The normalized spacial score (nSPS) is 19.7. The van der Waals surface area contributed by atoms with Gasteiger partial charge in [-0.2, -0.15) is 4.39 Å². The van der Waals surface area contributed by atoms with Crippen molar-refractivity contribution in [3.63, 3.8) is 0 Å². The van der Waals surface area contributed by atoms with Crippen LogP contribution >= 0.6 is 0 Å². The van der Waals surface area contributed by atoms with Gasteiger partial charge in [0.25, 0.3) is 0 Å². The number of nitrogens with zero attached hydrogens (tertiary/aromatic N) is 1. The van der Waals surface area contributed by atoms with Crippen molar-refractivity contribution in [3.8, 4) is 0 Å². The predicted octanol–water partition coefficient (Wildman–Crippen LogP) is 1.16. The molecule has 1 aliphatic rings. The van der Waals surface area contributed by atoms with Crippen LogP contribution in [0.1, 0.15) is 12.8 Å². The first-order valence-electron chi connectivity index (χ1n) is 5.36. The standard InChI is InChI=1S/C11H14FN3O/c12-10-2-1-9(7-14-10)15-11(16)5-8-3-4-13-6-8/h1-2,7-8,13H,3-6H2,(H,15,16). The van der Waals surface area contributed by atoms with Crippen molar-refractivity contribution >= 4 is 11.6 Å². The van der Waals surface area contributed by atoms with E-state index in [0.29, 0.717) is 18.0 Å². The SMILES string of the molecule is O=C(CC1CCNC1)Nc1ccc(F)nc1. The molecule has 1 aromatic heterocycles. The highest BCUT2D eigenvalue weighted by Crippen LogP contribution is 2.13. The van der Waals surface area contributed by atoms with Gasteiger partial charge >= 0.3 is 0 Å². The molecule has 0 aromatic carbocycles. The Morgan fingerprint density at radius 2 is 2.50 bits per heavy atom. The maximum atomic E-state index is 12.5. The van der Waals surface area contributed by atoms with Crippen LogP contribution in [0.15, 0.2) is 18.3 Å². The molecule has 86 valence electrons. The number of nitrogens with one attached hydrogen (secondary N) is 2. The highest BCUT2D eigenvalue weighted by Gasteiger charge is 2.17. The van der Waals surface area contributed by atoms with Gasteiger partial charge in [0.05, 0.1) is 11.9 Å². The minimum Gasteiger partial charge on any atom is -0.325 e. The quantitative estimate of drug-likeness (QED) is 0.756. The summed E-state index contributed by atoms with van der Waals surface area (Å²) in [6.45, 7) is 1.88. The fraction of sp³-hybridized carbons (Fsp3) is 0.455. The van der Waals surface area contributed by atoms with Gasteiger partial charge in [0.1, 0.15) is 0 Å². The minimum absolute atomic E-state index is 0.0397. The zero-order valence-corrected chi connectivity index (χ0v) is 8.87. The summed E-state index contributed by atoms with van der Waals surface area (Å²) >= 11 is 0. The number of hydrogen-bond donors (Lipinski definition) is 2. The Bertz CT molecular complexity index is 360. The second-order valence-corrected chi connectivity index (χ2v) is 3.98. The van der Waals surface area contributed by atoms with Gasteiger partial charge in [-0.3, -0.25) is 4.79 Å². The Balaban J connectivity index is 1.84. The van der Waals surface area contributed by atoms with Crippen LogP contribution in [0.25, 0.3) is 0 Å². The van der Waals surface area contributed by atoms with Gasteiger partial charge in [0.15, 0.2) is 0 Å². The Morgan fingerprint density at radius 3 is 3.12 bits per heavy atom. The first-order chi connectivity index (χ1) is 7.74. The van der Waals surface area contributed by atoms with Crippen LogP contribution in [0.4, 0.5) is 10.1 Å². The number of halogens is 1. The van der Waals surface area contributed by atoms with E-state index < -0.39 is 5.95 Å². The zero-order valence-electron chi connectivity index (χ0n) is 8.87. The van der Waals surface area contributed by atoms with Crippen LogP contribution in [0.3, 0.4) is 0 Å². The Hall–Kier alpha value is -1.49. The summed E-state index contributed by atoms with van der Waals surface area (Å²) in [4.78, 5) is 15.1. The van der Waals surface area contributed by atoms with E-state index in [4.69, 9.17) is 0 Å². The number of amides is 1. The van der Waals surface area contributed by atoms with Crippen LogP contribution < -0.4 is 10.6 Å². The molecule has 1 aromatic rings. The van der Waals surface area contributed by atoms with Gasteiger partial charge in [0.2, 0.25) is 11.9 Å². The first-order valence-corrected chi connectivity index (χ1v) is 5.36. The van der Waals surface area contributed by atoms with E-state index in [1.807, 2.05) is 0 Å². The highest BCUT2D eigenvalue weighted by atomic mass is 19.1. The van der Waals surface area contributed by atoms with Gasteiger partial charge in [-0.1, -0.05) is 0 Å². The summed E-state index contributed by atoms with van der Waals surface area (Å²) in [5, 5.41) is 5.91. The van der Waals surface area contributed by atoms with Gasteiger partial charge < -0.3 is 10.6 Å². The molecule has 2 rings (SSSR count). The lowest BCUT2D eigenvalue weighted by molar-refractivity contribution is -0.116. The maximum Gasteiger partial charge on any atom is 0.224 e. The molecule has 2 heterocycles. The summed E-state index contributed by atoms with van der Waals surface area (Å²) in [6, 6.07) is 2.74. The molecule has 1 unspecified atom stereocenters. The molecule has 1 atom stereocenters. The second-order valence-electron chi connectivity index (χ2n) is 3.98.